The molecule has 5 heterocycles. The molecule has 0 radical (unpaired) electrons. The summed E-state index contributed by atoms with van der Waals surface area (Å²) in [7, 11) is 1.79. The monoisotopic (exact) mass is 435 g/mol. The summed E-state index contributed by atoms with van der Waals surface area (Å²) >= 11 is 6.67. The van der Waals surface area contributed by atoms with Crippen LogP contribution in [0.5, 0.6) is 0 Å². The molecule has 0 amide bonds. The Labute approximate surface area is 183 Å². The van der Waals surface area contributed by atoms with Gasteiger partial charge in [-0.05, 0) is 31.7 Å². The first kappa shape index (κ1) is 18.8. The van der Waals surface area contributed by atoms with Crippen LogP contribution in [0, 0.1) is 0 Å². The van der Waals surface area contributed by atoms with E-state index < -0.39 is 0 Å². The van der Waals surface area contributed by atoms with Gasteiger partial charge in [0.1, 0.15) is 11.2 Å². The molecule has 2 bridgehead atoms. The third kappa shape index (κ3) is 2.71. The van der Waals surface area contributed by atoms with Crippen LogP contribution < -0.4 is 16.2 Å². The van der Waals surface area contributed by atoms with Gasteiger partial charge >= 0.3 is 0 Å². The van der Waals surface area contributed by atoms with E-state index in [-0.39, 0.29) is 11.6 Å². The lowest BCUT2D eigenvalue weighted by Crippen LogP contribution is -2.49. The maximum Gasteiger partial charge on any atom is 0.264 e. The first-order valence-corrected chi connectivity index (χ1v) is 10.9. The van der Waals surface area contributed by atoms with E-state index in [0.717, 1.165) is 36.8 Å². The van der Waals surface area contributed by atoms with Gasteiger partial charge in [0.2, 0.25) is 5.95 Å². The molecule has 3 N–H and O–H groups in total. The molecule has 8 nitrogen and oxygen atoms in total. The zero-order valence-electron chi connectivity index (χ0n) is 17.0. The molecule has 0 unspecified atom stereocenters. The number of halogens is 1. The number of anilines is 1. The van der Waals surface area contributed by atoms with Gasteiger partial charge in [0.05, 0.1) is 15.9 Å². The number of benzene rings is 1. The van der Waals surface area contributed by atoms with Crippen molar-refractivity contribution in [2.45, 2.75) is 43.8 Å². The van der Waals surface area contributed by atoms with Crippen molar-refractivity contribution in [2.24, 2.45) is 12.8 Å². The number of hydrogen-bond donors (Lipinski definition) is 2. The number of rotatable bonds is 2. The van der Waals surface area contributed by atoms with E-state index in [0.29, 0.717) is 45.1 Å². The number of aromatic amines is 1. The van der Waals surface area contributed by atoms with Crippen molar-refractivity contribution in [1.29, 1.82) is 0 Å². The number of aromatic nitrogens is 5. The van der Waals surface area contributed by atoms with E-state index in [1.165, 1.54) is 0 Å². The Hall–Kier alpha value is -2.97. The quantitative estimate of drug-likeness (QED) is 0.501. The summed E-state index contributed by atoms with van der Waals surface area (Å²) < 4.78 is 1.66. The van der Waals surface area contributed by atoms with Crippen molar-refractivity contribution in [3.8, 4) is 11.1 Å². The van der Waals surface area contributed by atoms with Crippen molar-refractivity contribution in [3.63, 3.8) is 0 Å². The summed E-state index contributed by atoms with van der Waals surface area (Å²) in [6.45, 7) is 0. The maximum atomic E-state index is 13.5. The second-order valence-electron chi connectivity index (χ2n) is 8.58. The normalized spacial score (nSPS) is 23.2. The van der Waals surface area contributed by atoms with Crippen molar-refractivity contribution >= 4 is 39.6 Å². The minimum atomic E-state index is -0.0965. The van der Waals surface area contributed by atoms with Crippen molar-refractivity contribution in [1.82, 2.24) is 24.5 Å². The lowest BCUT2D eigenvalue weighted by Gasteiger charge is -2.38. The topological polar surface area (TPSA) is 106 Å². The lowest BCUT2D eigenvalue weighted by atomic mass is 9.98. The first-order chi connectivity index (χ1) is 15.0. The minimum absolute atomic E-state index is 0.0965. The van der Waals surface area contributed by atoms with Gasteiger partial charge in [-0.15, -0.1) is 0 Å². The van der Waals surface area contributed by atoms with Gasteiger partial charge in [-0.3, -0.25) is 19.3 Å². The number of nitrogens with zero attached hydrogens (tertiary/aromatic N) is 5. The fraction of sp³-hybridized carbons (Fsp3) is 0.364. The molecule has 31 heavy (non-hydrogen) atoms. The Morgan fingerprint density at radius 3 is 2.65 bits per heavy atom. The van der Waals surface area contributed by atoms with Gasteiger partial charge in [0.15, 0.2) is 0 Å². The molecule has 2 fully saturated rings. The van der Waals surface area contributed by atoms with Crippen molar-refractivity contribution in [3.05, 3.63) is 46.1 Å². The molecule has 158 valence electrons. The van der Waals surface area contributed by atoms with Crippen LogP contribution in [-0.4, -0.2) is 42.6 Å². The average molecular weight is 436 g/mol. The van der Waals surface area contributed by atoms with Crippen LogP contribution in [0.15, 0.2) is 35.5 Å². The Morgan fingerprint density at radius 1 is 1.13 bits per heavy atom. The second kappa shape index (κ2) is 6.77. The molecule has 0 aliphatic carbocycles. The smallest absolute Gasteiger partial charge is 0.264 e. The fourth-order valence-electron chi connectivity index (χ4n) is 5.35. The largest absolute Gasteiger partial charge is 0.345 e. The first-order valence-electron chi connectivity index (χ1n) is 10.5. The minimum Gasteiger partial charge on any atom is -0.345 e. The summed E-state index contributed by atoms with van der Waals surface area (Å²) in [5, 5.41) is 0.998. The van der Waals surface area contributed by atoms with Crippen molar-refractivity contribution in [2.75, 3.05) is 4.90 Å². The van der Waals surface area contributed by atoms with E-state index >= 15 is 0 Å². The molecule has 9 heteroatoms. The van der Waals surface area contributed by atoms with Crippen LogP contribution in [-0.2, 0) is 7.05 Å². The maximum absolute atomic E-state index is 13.5. The number of H-pyrrole nitrogens is 1. The summed E-state index contributed by atoms with van der Waals surface area (Å²) in [5.74, 6) is 0.709. The molecule has 2 aliphatic rings. The van der Waals surface area contributed by atoms with Gasteiger partial charge in [-0.1, -0.05) is 17.7 Å². The summed E-state index contributed by atoms with van der Waals surface area (Å²) in [6.07, 6.45) is 9.10. The molecule has 2 aliphatic heterocycles. The summed E-state index contributed by atoms with van der Waals surface area (Å²) in [5.41, 5.74) is 9.48. The van der Waals surface area contributed by atoms with Gasteiger partial charge in [0.25, 0.3) is 5.56 Å². The number of hydrogen-bond acceptors (Lipinski definition) is 6. The molecule has 0 saturated carbocycles. The second-order valence-corrected chi connectivity index (χ2v) is 8.95. The molecule has 1 aromatic carbocycles. The highest BCUT2D eigenvalue weighted by molar-refractivity contribution is 6.38. The van der Waals surface area contributed by atoms with Gasteiger partial charge in [-0.25, -0.2) is 0 Å². The molecule has 4 aromatic rings. The Bertz CT molecular complexity index is 1380. The molecule has 3 atom stereocenters. The lowest BCUT2D eigenvalue weighted by molar-refractivity contribution is 0.405. The molecule has 6 rings (SSSR count). The van der Waals surface area contributed by atoms with Crippen LogP contribution in [0.1, 0.15) is 25.7 Å². The summed E-state index contributed by atoms with van der Waals surface area (Å²) in [4.78, 5) is 32.5. The van der Waals surface area contributed by atoms with Crippen molar-refractivity contribution < 1.29 is 0 Å². The van der Waals surface area contributed by atoms with Crippen LogP contribution in [0.4, 0.5) is 5.95 Å². The van der Waals surface area contributed by atoms with Crippen LogP contribution >= 0.6 is 11.6 Å². The number of nitrogens with one attached hydrogen (secondary N) is 1. The Kier molecular flexibility index (Phi) is 4.10. The SMILES string of the molecule is Cn1c(N2[C@@H]3CC[C@H]2C[C@@H](N)C3)nc2[nH]cc(-c3ccc4nccnc4c3Cl)c2c1=O. The van der Waals surface area contributed by atoms with E-state index in [2.05, 4.69) is 19.9 Å². The van der Waals surface area contributed by atoms with E-state index in [1.54, 1.807) is 30.2 Å². The fourth-order valence-corrected chi connectivity index (χ4v) is 5.66. The number of piperidine rings is 1. The Morgan fingerprint density at radius 2 is 1.87 bits per heavy atom. The molecule has 0 spiro atoms. The summed E-state index contributed by atoms with van der Waals surface area (Å²) in [6, 6.07) is 4.65. The molecule has 2 saturated heterocycles. The number of nitrogens with two attached hydrogens (primary N) is 1. The van der Waals surface area contributed by atoms with E-state index in [9.17, 15) is 4.79 Å². The molecule has 3 aromatic heterocycles. The van der Waals surface area contributed by atoms with E-state index in [4.69, 9.17) is 22.3 Å². The predicted molar refractivity (Wildman–Crippen MR) is 121 cm³/mol. The predicted octanol–water partition coefficient (Wildman–Crippen LogP) is 2.98. The highest BCUT2D eigenvalue weighted by Crippen LogP contribution is 2.39. The van der Waals surface area contributed by atoms with Gasteiger partial charge < -0.3 is 15.6 Å². The average Bonchev–Trinajstić information content (AvgIpc) is 3.30. The number of fused-ring (bicyclic) bond motifs is 4. The van der Waals surface area contributed by atoms with Crippen LogP contribution in [0.25, 0.3) is 33.2 Å². The Balaban J connectivity index is 1.52. The zero-order valence-corrected chi connectivity index (χ0v) is 17.8. The van der Waals surface area contributed by atoms with E-state index in [1.807, 2.05) is 12.1 Å². The van der Waals surface area contributed by atoms with Crippen LogP contribution in [0.2, 0.25) is 5.02 Å². The third-order valence-electron chi connectivity index (χ3n) is 6.76. The molecular weight excluding hydrogens is 414 g/mol. The van der Waals surface area contributed by atoms with Gasteiger partial charge in [0, 0.05) is 54.9 Å². The standard InChI is InChI=1S/C22H22ClN7O/c1-29-21(31)17-15(14-4-5-16-19(18(14)23)26-7-6-25-16)10-27-20(17)28-22(29)30-12-2-3-13(30)9-11(24)8-12/h4-7,10-13,27H,2-3,8-9,24H2,1H3/t11-,12+,13-. The van der Waals surface area contributed by atoms with Crippen LogP contribution in [0.3, 0.4) is 0 Å². The highest BCUT2D eigenvalue weighted by Gasteiger charge is 2.41. The third-order valence-corrected chi connectivity index (χ3v) is 7.14. The highest BCUT2D eigenvalue weighted by atomic mass is 35.5. The molecular formula is C22H22ClN7O. The van der Waals surface area contributed by atoms with Gasteiger partial charge in [-0.2, -0.15) is 4.98 Å². The zero-order chi connectivity index (χ0) is 21.3.